The average Bonchev–Trinajstić information content (AvgIpc) is 3.80. The largest absolute Gasteiger partial charge is 0.505 e. The number of nitrogens with one attached hydrogen (secondary N) is 4. The van der Waals surface area contributed by atoms with Gasteiger partial charge in [0.25, 0.3) is 34.5 Å². The zero-order chi connectivity index (χ0) is 38.4. The minimum atomic E-state index is -5.30. The Morgan fingerprint density at radius 3 is 1.38 bits per heavy atom. The van der Waals surface area contributed by atoms with Gasteiger partial charge in [0.2, 0.25) is 0 Å². The van der Waals surface area contributed by atoms with E-state index in [1.165, 1.54) is 35.0 Å². The Hall–Kier alpha value is -2.37. The minimum absolute atomic E-state index is 0.128. The van der Waals surface area contributed by atoms with Gasteiger partial charge in [0.15, 0.2) is 5.75 Å². The minimum Gasteiger partial charge on any atom is -0.505 e. The van der Waals surface area contributed by atoms with Crippen LogP contribution in [0.5, 0.6) is 5.75 Å². The number of thiophene rings is 2. The van der Waals surface area contributed by atoms with Crippen LogP contribution in [0.25, 0.3) is 0 Å². The number of sulfonamides is 3. The predicted octanol–water partition coefficient (Wildman–Crippen LogP) is 8.79. The van der Waals surface area contributed by atoms with E-state index in [9.17, 15) is 39.7 Å². The second-order valence-corrected chi connectivity index (χ2v) is 22.2. The van der Waals surface area contributed by atoms with Crippen molar-refractivity contribution in [3.8, 4) is 5.75 Å². The highest BCUT2D eigenvalue weighted by molar-refractivity contribution is 8.24. The molecule has 278 valence electrons. The van der Waals surface area contributed by atoms with Crippen LogP contribution in [0.1, 0.15) is 0 Å². The molecular formula is C27H18Cl6N4O9S6. The summed E-state index contributed by atoms with van der Waals surface area (Å²) in [6.45, 7) is 0. The molecule has 5 rings (SSSR count). The maximum atomic E-state index is 14.8. The average molecular weight is 948 g/mol. The number of hydrogen-bond acceptors (Lipinski definition) is 10. The third kappa shape index (κ3) is 8.62. The van der Waals surface area contributed by atoms with Crippen molar-refractivity contribution in [2.45, 2.75) is 13.3 Å². The number of anilines is 4. The monoisotopic (exact) mass is 944 g/mol. The maximum Gasteiger partial charge on any atom is 0.293 e. The van der Waals surface area contributed by atoms with Crippen molar-refractivity contribution in [2.24, 2.45) is 0 Å². The van der Waals surface area contributed by atoms with E-state index >= 15 is 0 Å². The fourth-order valence-electron chi connectivity index (χ4n) is 4.05. The van der Waals surface area contributed by atoms with Gasteiger partial charge in [-0.15, -0.1) is 22.7 Å². The molecule has 6 N–H and O–H groups in total. The summed E-state index contributed by atoms with van der Waals surface area (Å²) >= 11 is 38.1. The van der Waals surface area contributed by atoms with Gasteiger partial charge in [0, 0.05) is 0 Å². The van der Waals surface area contributed by atoms with Gasteiger partial charge < -0.3 is 14.9 Å². The molecule has 0 saturated carbocycles. The first-order chi connectivity index (χ1) is 24.1. The van der Waals surface area contributed by atoms with Gasteiger partial charge in [-0.05, 0) is 59.3 Å². The number of halogens is 6. The Morgan fingerprint density at radius 1 is 0.538 bits per heavy atom. The van der Waals surface area contributed by atoms with Gasteiger partial charge in [-0.25, -0.2) is 21.0 Å². The van der Waals surface area contributed by atoms with E-state index in [1.54, 1.807) is 0 Å². The molecule has 5 aromatic rings. The molecule has 2 heterocycles. The zero-order valence-corrected chi connectivity index (χ0v) is 34.3. The normalized spacial score (nSPS) is 13.3. The summed E-state index contributed by atoms with van der Waals surface area (Å²) in [4.78, 5) is -0.523. The highest BCUT2D eigenvalue weighted by atomic mass is 35.5. The van der Waals surface area contributed by atoms with Crippen LogP contribution in [-0.2, 0) is 39.8 Å². The fourth-order valence-corrected chi connectivity index (χ4v) is 13.6. The molecule has 13 nitrogen and oxygen atoms in total. The third-order valence-electron chi connectivity index (χ3n) is 6.42. The molecule has 2 aromatic heterocycles. The Labute approximate surface area is 335 Å². The van der Waals surface area contributed by atoms with Crippen LogP contribution >= 0.6 is 92.3 Å². The Balaban J connectivity index is 1.62. The Morgan fingerprint density at radius 2 is 0.942 bits per heavy atom. The zero-order valence-electron chi connectivity index (χ0n) is 24.9. The van der Waals surface area contributed by atoms with E-state index in [4.69, 9.17) is 69.6 Å². The number of aliphatic hydroxyl groups excluding tert-OH is 1. The number of aliphatic hydroxyl groups is 1. The van der Waals surface area contributed by atoms with Crippen LogP contribution in [0.3, 0.4) is 0 Å². The molecule has 0 bridgehead atoms. The van der Waals surface area contributed by atoms with Gasteiger partial charge in [-0.3, -0.25) is 14.2 Å². The molecule has 25 heteroatoms. The van der Waals surface area contributed by atoms with E-state index in [0.717, 1.165) is 59.1 Å². The van der Waals surface area contributed by atoms with Gasteiger partial charge in [-0.2, -0.15) is 8.42 Å². The highest BCUT2D eigenvalue weighted by Crippen LogP contribution is 2.39. The van der Waals surface area contributed by atoms with Crippen molar-refractivity contribution >= 4 is 159 Å². The molecule has 3 aromatic carbocycles. The summed E-state index contributed by atoms with van der Waals surface area (Å²) in [6.07, 6.45) is 0. The molecular weight excluding hydrogens is 929 g/mol. The summed E-state index contributed by atoms with van der Waals surface area (Å²) in [6, 6.07) is 11.1. The lowest BCUT2D eigenvalue weighted by Gasteiger charge is -2.21. The van der Waals surface area contributed by atoms with Crippen LogP contribution in [0, 0.1) is 0 Å². The summed E-state index contributed by atoms with van der Waals surface area (Å²) in [5.41, 5.74) is -1.81. The van der Waals surface area contributed by atoms with Crippen LogP contribution in [0.2, 0.25) is 30.1 Å². The lowest BCUT2D eigenvalue weighted by molar-refractivity contribution is 0.475. The Kier molecular flexibility index (Phi) is 12.1. The first-order valence-electron chi connectivity index (χ1n) is 13.3. The van der Waals surface area contributed by atoms with Crippen molar-refractivity contribution in [1.29, 1.82) is 0 Å². The smallest absolute Gasteiger partial charge is 0.293 e. The van der Waals surface area contributed by atoms with Gasteiger partial charge >= 0.3 is 0 Å². The number of aromatic hydroxyl groups is 1. The fraction of sp³-hybridized carbons (Fsp3) is 0. The van der Waals surface area contributed by atoms with E-state index in [-0.39, 0.29) is 28.5 Å². The van der Waals surface area contributed by atoms with Crippen molar-refractivity contribution in [3.05, 3.63) is 102 Å². The molecule has 0 fully saturated rings. The topological polar surface area (TPSA) is 208 Å². The predicted molar refractivity (Wildman–Crippen MR) is 212 cm³/mol. The summed E-state index contributed by atoms with van der Waals surface area (Å²) in [5.74, 6) is -0.580. The molecule has 52 heavy (non-hydrogen) atoms. The summed E-state index contributed by atoms with van der Waals surface area (Å²) < 4.78 is 102. The van der Waals surface area contributed by atoms with E-state index in [0.29, 0.717) is 0 Å². The van der Waals surface area contributed by atoms with E-state index < -0.39 is 87.6 Å². The van der Waals surface area contributed by atoms with Crippen LogP contribution in [-0.4, -0.2) is 44.1 Å². The summed E-state index contributed by atoms with van der Waals surface area (Å²) in [7, 11) is -18.7. The SMILES string of the molecule is O=S(=O)(Nc1cc(Cl)c(Cl)cc1NS(=O)(=O)c1cccs1)C(O)=S(=O)(Nc1cc(Cl)c(Cl)cc1NS(=O)(=O)c1cc(Cl)c(O)c(Cl)c1)c1cccs1. The Bertz CT molecular complexity index is 2650. The second-order valence-electron chi connectivity index (χ2n) is 9.96. The van der Waals surface area contributed by atoms with E-state index in [2.05, 4.69) is 14.2 Å². The number of phenolic OH excluding ortho intramolecular Hbond substituents is 1. The molecule has 1 unspecified atom stereocenters. The van der Waals surface area contributed by atoms with E-state index in [1.807, 2.05) is 4.72 Å². The van der Waals surface area contributed by atoms with Crippen molar-refractivity contribution in [3.63, 3.8) is 0 Å². The summed E-state index contributed by atoms with van der Waals surface area (Å²) in [5, 5.41) is 22.6. The van der Waals surface area contributed by atoms with Crippen molar-refractivity contribution in [2.75, 3.05) is 18.9 Å². The number of rotatable bonds is 11. The van der Waals surface area contributed by atoms with Crippen molar-refractivity contribution in [1.82, 2.24) is 0 Å². The second kappa shape index (κ2) is 15.4. The van der Waals surface area contributed by atoms with Crippen LogP contribution in [0.15, 0.2) is 84.7 Å². The molecule has 0 spiro atoms. The molecule has 0 radical (unpaired) electrons. The number of benzene rings is 3. The number of hydrogen-bond donors (Lipinski definition) is 6. The lowest BCUT2D eigenvalue weighted by Crippen LogP contribution is -2.33. The standard InChI is InChI=1S/C27H18Cl6N4O9S6/c28-14-9-20(21(10-15(14)29)35-50(41,42)13-7-18(32)26(38)19(33)8-13)34-49(40,24-3-1-5-47-24)27(39)52(45,46)37-23-12-17(31)16(30)11-22(23)36-51(43,44)25-4-2-6-48-25/h1-12,35-39H,(H,34,40). The molecule has 0 aliphatic heterocycles. The van der Waals surface area contributed by atoms with Crippen LogP contribution < -0.4 is 18.9 Å². The number of phenols is 1. The molecule has 1 atom stereocenters. The van der Waals surface area contributed by atoms with Gasteiger partial charge in [0.1, 0.15) is 18.1 Å². The van der Waals surface area contributed by atoms with Gasteiger partial charge in [0.05, 0.1) is 57.8 Å². The maximum absolute atomic E-state index is 14.8. The quantitative estimate of drug-likeness (QED) is 0.0699. The van der Waals surface area contributed by atoms with Crippen molar-refractivity contribution < 1.29 is 39.7 Å². The molecule has 0 amide bonds. The first kappa shape index (κ1) is 40.8. The molecule has 0 aliphatic carbocycles. The lowest BCUT2D eigenvalue weighted by atomic mass is 10.3. The highest BCUT2D eigenvalue weighted by Gasteiger charge is 2.32. The van der Waals surface area contributed by atoms with Crippen LogP contribution in [0.4, 0.5) is 22.7 Å². The third-order valence-corrected chi connectivity index (χ3v) is 18.2. The molecule has 0 saturated heterocycles. The first-order valence-corrected chi connectivity index (χ1v) is 23.4. The van der Waals surface area contributed by atoms with Gasteiger partial charge in [-0.1, -0.05) is 81.7 Å². The molecule has 0 aliphatic rings.